The first-order valence-corrected chi connectivity index (χ1v) is 8.46. The second-order valence-corrected chi connectivity index (χ2v) is 5.81. The molecule has 28 heavy (non-hydrogen) atoms. The molecular formula is C21H19N3O4. The normalized spacial score (nSPS) is 10.1. The van der Waals surface area contributed by atoms with Gasteiger partial charge < -0.3 is 20.1 Å². The fourth-order valence-electron chi connectivity index (χ4n) is 2.50. The number of hydrogen-bond acceptors (Lipinski definition) is 6. The molecule has 7 nitrogen and oxygen atoms in total. The van der Waals surface area contributed by atoms with Crippen molar-refractivity contribution in [1.82, 2.24) is 4.98 Å². The zero-order valence-electron chi connectivity index (χ0n) is 15.4. The molecule has 0 aliphatic carbocycles. The standard InChI is InChI=1S/C21H19N3O4/c1-27-18-5-3-4-17(13-18)23-19-12-15(10-11-22-19)20(25)24-16-8-6-14(7-9-16)21(26)28-2/h3-13H,1-2H3,(H,22,23)(H,24,25). The molecule has 1 amide bonds. The van der Waals surface area contributed by atoms with Crippen LogP contribution in [0.5, 0.6) is 5.75 Å². The van der Waals surface area contributed by atoms with Gasteiger partial charge in [0.25, 0.3) is 5.91 Å². The first kappa shape index (κ1) is 18.9. The number of pyridine rings is 1. The average Bonchev–Trinajstić information content (AvgIpc) is 2.74. The molecule has 0 radical (unpaired) electrons. The summed E-state index contributed by atoms with van der Waals surface area (Å²) in [4.78, 5) is 28.2. The Hall–Kier alpha value is -3.87. The first-order chi connectivity index (χ1) is 13.6. The van der Waals surface area contributed by atoms with Gasteiger partial charge in [-0.05, 0) is 48.5 Å². The van der Waals surface area contributed by atoms with Gasteiger partial charge in [-0.25, -0.2) is 9.78 Å². The Kier molecular flexibility index (Phi) is 5.86. The highest BCUT2D eigenvalue weighted by Gasteiger charge is 2.09. The van der Waals surface area contributed by atoms with E-state index < -0.39 is 5.97 Å². The molecule has 1 heterocycles. The second-order valence-electron chi connectivity index (χ2n) is 5.81. The Bertz CT molecular complexity index is 987. The summed E-state index contributed by atoms with van der Waals surface area (Å²) in [6.07, 6.45) is 1.55. The number of carbonyl (C=O) groups is 2. The van der Waals surface area contributed by atoms with Crippen molar-refractivity contribution in [3.8, 4) is 5.75 Å². The van der Waals surface area contributed by atoms with E-state index in [0.717, 1.165) is 5.69 Å². The summed E-state index contributed by atoms with van der Waals surface area (Å²) in [5, 5.41) is 5.93. The van der Waals surface area contributed by atoms with Gasteiger partial charge in [-0.3, -0.25) is 4.79 Å². The van der Waals surface area contributed by atoms with Gasteiger partial charge >= 0.3 is 5.97 Å². The van der Waals surface area contributed by atoms with Crippen LogP contribution in [0, 0.1) is 0 Å². The molecule has 0 spiro atoms. The van der Waals surface area contributed by atoms with Gasteiger partial charge in [-0.15, -0.1) is 0 Å². The number of amides is 1. The molecule has 0 saturated heterocycles. The van der Waals surface area contributed by atoms with E-state index >= 15 is 0 Å². The molecule has 2 aromatic carbocycles. The second kappa shape index (κ2) is 8.68. The van der Waals surface area contributed by atoms with Gasteiger partial charge in [-0.1, -0.05) is 6.07 Å². The lowest BCUT2D eigenvalue weighted by Gasteiger charge is -2.09. The molecule has 7 heteroatoms. The molecule has 0 bridgehead atoms. The molecule has 0 fully saturated rings. The van der Waals surface area contributed by atoms with Gasteiger partial charge in [0, 0.05) is 29.2 Å². The lowest BCUT2D eigenvalue weighted by molar-refractivity contribution is 0.0600. The number of nitrogens with one attached hydrogen (secondary N) is 2. The molecule has 142 valence electrons. The molecule has 1 aromatic heterocycles. The number of ether oxygens (including phenoxy) is 2. The fourth-order valence-corrected chi connectivity index (χ4v) is 2.50. The predicted molar refractivity (Wildman–Crippen MR) is 106 cm³/mol. The van der Waals surface area contributed by atoms with E-state index in [1.807, 2.05) is 24.3 Å². The van der Waals surface area contributed by atoms with Crippen LogP contribution in [0.3, 0.4) is 0 Å². The number of rotatable bonds is 6. The van der Waals surface area contributed by atoms with Crippen LogP contribution < -0.4 is 15.4 Å². The predicted octanol–water partition coefficient (Wildman–Crippen LogP) is 3.87. The third-order valence-corrected chi connectivity index (χ3v) is 3.93. The minimum Gasteiger partial charge on any atom is -0.497 e. The van der Waals surface area contributed by atoms with Gasteiger partial charge in [0.15, 0.2) is 0 Å². The van der Waals surface area contributed by atoms with E-state index in [1.54, 1.807) is 49.7 Å². The number of anilines is 3. The lowest BCUT2D eigenvalue weighted by atomic mass is 10.2. The van der Waals surface area contributed by atoms with Crippen molar-refractivity contribution < 1.29 is 19.1 Å². The summed E-state index contributed by atoms with van der Waals surface area (Å²) in [5.74, 6) is 0.526. The number of carbonyl (C=O) groups excluding carboxylic acids is 2. The van der Waals surface area contributed by atoms with Crippen LogP contribution >= 0.6 is 0 Å². The number of benzene rings is 2. The molecule has 2 N–H and O–H groups in total. The van der Waals surface area contributed by atoms with E-state index in [-0.39, 0.29) is 5.91 Å². The number of methoxy groups -OCH3 is 2. The van der Waals surface area contributed by atoms with Crippen molar-refractivity contribution >= 4 is 29.1 Å². The van der Waals surface area contributed by atoms with Crippen molar-refractivity contribution in [2.75, 3.05) is 24.9 Å². The maximum Gasteiger partial charge on any atom is 0.337 e. The van der Waals surface area contributed by atoms with Crippen LogP contribution in [0.25, 0.3) is 0 Å². The van der Waals surface area contributed by atoms with Crippen molar-refractivity contribution in [3.63, 3.8) is 0 Å². The highest BCUT2D eigenvalue weighted by atomic mass is 16.5. The highest BCUT2D eigenvalue weighted by Crippen LogP contribution is 2.21. The van der Waals surface area contributed by atoms with Crippen molar-refractivity contribution in [1.29, 1.82) is 0 Å². The number of esters is 1. The SMILES string of the molecule is COC(=O)c1ccc(NC(=O)c2ccnc(Nc3cccc(OC)c3)c2)cc1. The average molecular weight is 377 g/mol. The molecule has 3 rings (SSSR count). The van der Waals surface area contributed by atoms with Gasteiger partial charge in [0.1, 0.15) is 11.6 Å². The maximum absolute atomic E-state index is 12.5. The third kappa shape index (κ3) is 4.64. The number of hydrogen-bond donors (Lipinski definition) is 2. The zero-order chi connectivity index (χ0) is 19.9. The summed E-state index contributed by atoms with van der Waals surface area (Å²) >= 11 is 0. The van der Waals surface area contributed by atoms with Crippen LogP contribution in [-0.4, -0.2) is 31.1 Å². The van der Waals surface area contributed by atoms with Gasteiger partial charge in [0.05, 0.1) is 19.8 Å². The molecular weight excluding hydrogens is 358 g/mol. The topological polar surface area (TPSA) is 89.5 Å². The molecule has 0 unspecified atom stereocenters. The smallest absolute Gasteiger partial charge is 0.337 e. The van der Waals surface area contributed by atoms with Gasteiger partial charge in [-0.2, -0.15) is 0 Å². The fraction of sp³-hybridized carbons (Fsp3) is 0.0952. The van der Waals surface area contributed by atoms with Crippen LogP contribution in [0.1, 0.15) is 20.7 Å². The van der Waals surface area contributed by atoms with Gasteiger partial charge in [0.2, 0.25) is 0 Å². The molecule has 0 saturated carbocycles. The minimum atomic E-state index is -0.430. The zero-order valence-corrected chi connectivity index (χ0v) is 15.4. The lowest BCUT2D eigenvalue weighted by Crippen LogP contribution is -2.12. The van der Waals surface area contributed by atoms with E-state index in [0.29, 0.717) is 28.4 Å². The summed E-state index contributed by atoms with van der Waals surface area (Å²) < 4.78 is 9.85. The number of aromatic nitrogens is 1. The summed E-state index contributed by atoms with van der Waals surface area (Å²) in [5.41, 5.74) is 2.21. The molecule has 0 atom stereocenters. The molecule has 0 aliphatic rings. The van der Waals surface area contributed by atoms with E-state index in [1.165, 1.54) is 7.11 Å². The Balaban J connectivity index is 1.70. The Morgan fingerprint density at radius 2 is 1.68 bits per heavy atom. The largest absolute Gasteiger partial charge is 0.497 e. The van der Waals surface area contributed by atoms with Crippen molar-refractivity contribution in [2.45, 2.75) is 0 Å². The van der Waals surface area contributed by atoms with Crippen LogP contribution in [0.4, 0.5) is 17.2 Å². The Morgan fingerprint density at radius 1 is 0.893 bits per heavy atom. The minimum absolute atomic E-state index is 0.290. The highest BCUT2D eigenvalue weighted by molar-refractivity contribution is 6.04. The van der Waals surface area contributed by atoms with E-state index in [2.05, 4.69) is 20.4 Å². The first-order valence-electron chi connectivity index (χ1n) is 8.46. The quantitative estimate of drug-likeness (QED) is 0.634. The summed E-state index contributed by atoms with van der Waals surface area (Å²) in [7, 11) is 2.92. The van der Waals surface area contributed by atoms with Crippen LogP contribution in [0.2, 0.25) is 0 Å². The number of nitrogens with zero attached hydrogens (tertiary/aromatic N) is 1. The molecule has 3 aromatic rings. The van der Waals surface area contributed by atoms with Crippen LogP contribution in [0.15, 0.2) is 66.9 Å². The van der Waals surface area contributed by atoms with E-state index in [9.17, 15) is 9.59 Å². The third-order valence-electron chi connectivity index (χ3n) is 3.93. The van der Waals surface area contributed by atoms with E-state index in [4.69, 9.17) is 4.74 Å². The Labute approximate surface area is 162 Å². The molecule has 0 aliphatic heterocycles. The maximum atomic E-state index is 12.5. The monoisotopic (exact) mass is 377 g/mol. The van der Waals surface area contributed by atoms with Crippen molar-refractivity contribution in [2.24, 2.45) is 0 Å². The van der Waals surface area contributed by atoms with Crippen molar-refractivity contribution in [3.05, 3.63) is 78.0 Å². The summed E-state index contributed by atoms with van der Waals surface area (Å²) in [6, 6.07) is 17.1. The Morgan fingerprint density at radius 3 is 2.39 bits per heavy atom. The summed E-state index contributed by atoms with van der Waals surface area (Å²) in [6.45, 7) is 0. The van der Waals surface area contributed by atoms with Crippen LogP contribution in [-0.2, 0) is 4.74 Å².